The van der Waals surface area contributed by atoms with Gasteiger partial charge in [0, 0.05) is 56.9 Å². The molecule has 3 heterocycles. The molecule has 0 unspecified atom stereocenters. The Morgan fingerprint density at radius 1 is 1.09 bits per heavy atom. The number of anilines is 1. The molecule has 34 heavy (non-hydrogen) atoms. The van der Waals surface area contributed by atoms with E-state index in [4.69, 9.17) is 9.72 Å². The van der Waals surface area contributed by atoms with Gasteiger partial charge in [-0.15, -0.1) is 0 Å². The Morgan fingerprint density at radius 3 is 2.29 bits per heavy atom. The van der Waals surface area contributed by atoms with Crippen LogP contribution in [0.2, 0.25) is 0 Å². The number of amides is 1. The molecule has 0 bridgehead atoms. The standard InChI is InChI=1S/C27H43N5O2/c1-6-9-11-31(12-10-7-2)25(33)19-30-13-15-32(16-14-30)26-22(18-28)21-17-27(4,5)34-20-23(21)24(8-3)29-26/h6-17,19-20H2,1-5H3. The number of carbonyl (C=O) groups is 1. The second kappa shape index (κ2) is 12.0. The highest BCUT2D eigenvalue weighted by molar-refractivity contribution is 5.78. The molecule has 0 radical (unpaired) electrons. The highest BCUT2D eigenvalue weighted by atomic mass is 16.5. The molecule has 1 aromatic rings. The van der Waals surface area contributed by atoms with Crippen LogP contribution in [0.3, 0.4) is 0 Å². The summed E-state index contributed by atoms with van der Waals surface area (Å²) in [6, 6.07) is 2.47. The van der Waals surface area contributed by atoms with Crippen LogP contribution in [0, 0.1) is 11.3 Å². The highest BCUT2D eigenvalue weighted by Crippen LogP contribution is 2.35. The minimum absolute atomic E-state index is 0.246. The maximum absolute atomic E-state index is 13.0. The van der Waals surface area contributed by atoms with Gasteiger partial charge in [0.05, 0.1) is 24.3 Å². The van der Waals surface area contributed by atoms with E-state index >= 15 is 0 Å². The lowest BCUT2D eigenvalue weighted by atomic mass is 9.87. The molecule has 3 rings (SSSR count). The number of rotatable bonds is 10. The number of nitriles is 1. The summed E-state index contributed by atoms with van der Waals surface area (Å²) in [5.41, 5.74) is 3.69. The summed E-state index contributed by atoms with van der Waals surface area (Å²) in [6.45, 7) is 16.5. The highest BCUT2D eigenvalue weighted by Gasteiger charge is 2.33. The Hall–Kier alpha value is -2.17. The van der Waals surface area contributed by atoms with Crippen molar-refractivity contribution in [2.24, 2.45) is 0 Å². The van der Waals surface area contributed by atoms with E-state index in [0.717, 1.165) is 100 Å². The molecule has 1 amide bonds. The molecular weight excluding hydrogens is 426 g/mol. The minimum atomic E-state index is -0.275. The number of piperazine rings is 1. The van der Waals surface area contributed by atoms with Gasteiger partial charge in [-0.1, -0.05) is 33.6 Å². The summed E-state index contributed by atoms with van der Waals surface area (Å²) in [4.78, 5) is 24.5. The lowest BCUT2D eigenvalue weighted by Gasteiger charge is -2.38. The van der Waals surface area contributed by atoms with Crippen LogP contribution >= 0.6 is 0 Å². The van der Waals surface area contributed by atoms with E-state index in [1.807, 2.05) is 0 Å². The minimum Gasteiger partial charge on any atom is -0.370 e. The van der Waals surface area contributed by atoms with Gasteiger partial charge in [-0.2, -0.15) is 5.26 Å². The zero-order valence-electron chi connectivity index (χ0n) is 22.0. The molecule has 0 aliphatic carbocycles. The number of fused-ring (bicyclic) bond motifs is 1. The van der Waals surface area contributed by atoms with Gasteiger partial charge in [-0.3, -0.25) is 9.69 Å². The summed E-state index contributed by atoms with van der Waals surface area (Å²) in [7, 11) is 0. The number of hydrogen-bond donors (Lipinski definition) is 0. The van der Waals surface area contributed by atoms with Crippen LogP contribution in [0.5, 0.6) is 0 Å². The van der Waals surface area contributed by atoms with Crippen molar-refractivity contribution < 1.29 is 9.53 Å². The number of nitrogens with zero attached hydrogens (tertiary/aromatic N) is 5. The van der Waals surface area contributed by atoms with Crippen LogP contribution in [0.25, 0.3) is 0 Å². The van der Waals surface area contributed by atoms with E-state index in [1.165, 1.54) is 0 Å². The summed E-state index contributed by atoms with van der Waals surface area (Å²) in [5, 5.41) is 10.1. The van der Waals surface area contributed by atoms with Gasteiger partial charge in [-0.05, 0) is 38.7 Å². The molecule has 1 fully saturated rings. The predicted molar refractivity (Wildman–Crippen MR) is 136 cm³/mol. The summed E-state index contributed by atoms with van der Waals surface area (Å²) >= 11 is 0. The van der Waals surface area contributed by atoms with Crippen LogP contribution < -0.4 is 4.90 Å². The molecule has 0 saturated carbocycles. The van der Waals surface area contributed by atoms with Crippen molar-refractivity contribution in [1.82, 2.24) is 14.8 Å². The molecular formula is C27H43N5O2. The van der Waals surface area contributed by atoms with Gasteiger partial charge in [-0.25, -0.2) is 4.98 Å². The average molecular weight is 470 g/mol. The summed E-state index contributed by atoms with van der Waals surface area (Å²) in [5.74, 6) is 1.06. The van der Waals surface area contributed by atoms with E-state index in [-0.39, 0.29) is 11.5 Å². The van der Waals surface area contributed by atoms with Gasteiger partial charge in [0.25, 0.3) is 0 Å². The third-order valence-electron chi connectivity index (χ3n) is 7.08. The molecule has 0 atom stereocenters. The molecule has 0 aromatic carbocycles. The summed E-state index contributed by atoms with van der Waals surface area (Å²) in [6.07, 6.45) is 5.88. The van der Waals surface area contributed by atoms with E-state index in [9.17, 15) is 10.1 Å². The number of aromatic nitrogens is 1. The topological polar surface area (TPSA) is 72.7 Å². The van der Waals surface area contributed by atoms with Crippen molar-refractivity contribution in [2.75, 3.05) is 50.7 Å². The van der Waals surface area contributed by atoms with Gasteiger partial charge < -0.3 is 14.5 Å². The van der Waals surface area contributed by atoms with Crippen molar-refractivity contribution in [3.05, 3.63) is 22.4 Å². The Kier molecular flexibility index (Phi) is 9.32. The Morgan fingerprint density at radius 2 is 1.74 bits per heavy atom. The molecule has 7 nitrogen and oxygen atoms in total. The maximum atomic E-state index is 13.0. The number of carbonyl (C=O) groups excluding carboxylic acids is 1. The van der Waals surface area contributed by atoms with Crippen molar-refractivity contribution >= 4 is 11.7 Å². The third-order valence-corrected chi connectivity index (χ3v) is 7.08. The van der Waals surface area contributed by atoms with E-state index in [2.05, 4.69) is 55.4 Å². The first-order chi connectivity index (χ1) is 16.3. The number of aryl methyl sites for hydroxylation is 1. The molecule has 188 valence electrons. The largest absolute Gasteiger partial charge is 0.370 e. The number of unbranched alkanes of at least 4 members (excludes halogenated alkanes) is 2. The van der Waals surface area contributed by atoms with Gasteiger partial charge in [0.15, 0.2) is 0 Å². The quantitative estimate of drug-likeness (QED) is 0.517. The Labute approximate surface area is 206 Å². The Balaban J connectivity index is 1.70. The monoisotopic (exact) mass is 469 g/mol. The molecule has 1 saturated heterocycles. The van der Waals surface area contributed by atoms with E-state index in [1.54, 1.807) is 0 Å². The van der Waals surface area contributed by atoms with E-state index in [0.29, 0.717) is 18.7 Å². The Bertz CT molecular complexity index is 876. The SMILES string of the molecule is CCCCN(CCCC)C(=O)CN1CCN(c2nc(CC)c3c(c2C#N)CC(C)(C)OC3)CC1. The molecule has 7 heteroatoms. The first-order valence-corrected chi connectivity index (χ1v) is 13.2. The van der Waals surface area contributed by atoms with Crippen LogP contribution in [-0.4, -0.2) is 72.1 Å². The van der Waals surface area contributed by atoms with Gasteiger partial charge in [0.2, 0.25) is 5.91 Å². The van der Waals surface area contributed by atoms with Crippen molar-refractivity contribution in [3.63, 3.8) is 0 Å². The zero-order chi connectivity index (χ0) is 24.7. The van der Waals surface area contributed by atoms with Gasteiger partial charge >= 0.3 is 0 Å². The fourth-order valence-electron chi connectivity index (χ4n) is 4.93. The third kappa shape index (κ3) is 6.28. The van der Waals surface area contributed by atoms with Crippen LogP contribution in [-0.2, 0) is 29.0 Å². The fourth-order valence-corrected chi connectivity index (χ4v) is 4.93. The first-order valence-electron chi connectivity index (χ1n) is 13.2. The smallest absolute Gasteiger partial charge is 0.236 e. The average Bonchev–Trinajstić information content (AvgIpc) is 2.82. The second-order valence-electron chi connectivity index (χ2n) is 10.3. The molecule has 2 aliphatic heterocycles. The van der Waals surface area contributed by atoms with Gasteiger partial charge in [0.1, 0.15) is 11.9 Å². The number of hydrogen-bond acceptors (Lipinski definition) is 6. The molecule has 0 N–H and O–H groups in total. The first kappa shape index (κ1) is 26.4. The van der Waals surface area contributed by atoms with Crippen molar-refractivity contribution in [2.45, 2.75) is 85.4 Å². The number of ether oxygens (including phenoxy) is 1. The lowest BCUT2D eigenvalue weighted by molar-refractivity contribution is -0.132. The summed E-state index contributed by atoms with van der Waals surface area (Å²) < 4.78 is 6.03. The number of pyridine rings is 1. The van der Waals surface area contributed by atoms with Crippen LogP contribution in [0.4, 0.5) is 5.82 Å². The lowest BCUT2D eigenvalue weighted by Crippen LogP contribution is -2.51. The fraction of sp³-hybridized carbons (Fsp3) is 0.741. The second-order valence-corrected chi connectivity index (χ2v) is 10.3. The van der Waals surface area contributed by atoms with Crippen molar-refractivity contribution in [3.8, 4) is 6.07 Å². The van der Waals surface area contributed by atoms with Crippen LogP contribution in [0.15, 0.2) is 0 Å². The predicted octanol–water partition coefficient (Wildman–Crippen LogP) is 3.92. The van der Waals surface area contributed by atoms with Crippen LogP contribution in [0.1, 0.15) is 82.7 Å². The zero-order valence-corrected chi connectivity index (χ0v) is 22.0. The van der Waals surface area contributed by atoms with E-state index < -0.39 is 0 Å². The normalized spacial score (nSPS) is 17.8. The molecule has 1 aromatic heterocycles. The molecule has 0 spiro atoms. The van der Waals surface area contributed by atoms with Crippen molar-refractivity contribution in [1.29, 1.82) is 5.26 Å². The molecule has 2 aliphatic rings. The maximum Gasteiger partial charge on any atom is 0.236 e.